The lowest BCUT2D eigenvalue weighted by atomic mass is 10.1. The van der Waals surface area contributed by atoms with Gasteiger partial charge in [0.05, 0.1) is 36.8 Å². The molecule has 0 aliphatic carbocycles. The van der Waals surface area contributed by atoms with Gasteiger partial charge in [0.25, 0.3) is 5.91 Å². The number of hydrogen-bond acceptors (Lipinski definition) is 5. The van der Waals surface area contributed by atoms with Crippen LogP contribution in [0.4, 0.5) is 17.2 Å². The fraction of sp³-hybridized carbons (Fsp3) is 0.200. The first-order valence-electron chi connectivity index (χ1n) is 8.68. The summed E-state index contributed by atoms with van der Waals surface area (Å²) in [7, 11) is 3.43. The summed E-state index contributed by atoms with van der Waals surface area (Å²) >= 11 is 0. The Kier molecular flexibility index (Phi) is 4.29. The van der Waals surface area contributed by atoms with Crippen LogP contribution in [0.25, 0.3) is 0 Å². The van der Waals surface area contributed by atoms with Crippen LogP contribution in [0, 0.1) is 0 Å². The highest BCUT2D eigenvalue weighted by Gasteiger charge is 2.28. The first kappa shape index (κ1) is 17.1. The largest absolute Gasteiger partial charge is 0.496 e. The molecule has 0 spiro atoms. The van der Waals surface area contributed by atoms with E-state index in [4.69, 9.17) is 10.5 Å². The van der Waals surface area contributed by atoms with Crippen molar-refractivity contribution < 1.29 is 9.53 Å². The highest BCUT2D eigenvalue weighted by Crippen LogP contribution is 2.37. The number of aromatic nitrogens is 2. The Balaban J connectivity index is 1.82. The zero-order chi connectivity index (χ0) is 19.0. The third-order valence-corrected chi connectivity index (χ3v) is 4.77. The monoisotopic (exact) mass is 363 g/mol. The first-order chi connectivity index (χ1) is 13.1. The molecule has 0 bridgehead atoms. The number of nitrogens with two attached hydrogens (primary N) is 1. The minimum absolute atomic E-state index is 0.138. The van der Waals surface area contributed by atoms with Crippen LogP contribution in [-0.4, -0.2) is 22.8 Å². The number of nitrogens with zero attached hydrogens (tertiary/aromatic N) is 3. The number of amides is 1. The van der Waals surface area contributed by atoms with Crippen molar-refractivity contribution in [2.24, 2.45) is 12.8 Å². The van der Waals surface area contributed by atoms with Gasteiger partial charge in [-0.2, -0.15) is 5.10 Å². The Morgan fingerprint density at radius 1 is 1.30 bits per heavy atom. The standard InChI is InChI=1S/C20H21N5O2/c1-24-19-14(11-22-24)12-25(17-6-4-3-5-16(17)23-19)20(26)15-8-7-13(10-21)9-18(15)27-2/h3-9,11,23H,10,12,21H2,1-2H3. The average molecular weight is 363 g/mol. The lowest BCUT2D eigenvalue weighted by Gasteiger charge is -2.23. The number of para-hydroxylation sites is 2. The SMILES string of the molecule is COc1cc(CN)ccc1C(=O)N1Cc2cnn(C)c2Nc2ccccc21. The Morgan fingerprint density at radius 2 is 2.11 bits per heavy atom. The van der Waals surface area contributed by atoms with Crippen LogP contribution in [-0.2, 0) is 20.1 Å². The van der Waals surface area contributed by atoms with Crippen molar-refractivity contribution >= 4 is 23.1 Å². The van der Waals surface area contributed by atoms with Crippen molar-refractivity contribution in [2.45, 2.75) is 13.1 Å². The molecule has 0 unspecified atom stereocenters. The molecule has 0 saturated carbocycles. The van der Waals surface area contributed by atoms with E-state index in [-0.39, 0.29) is 5.91 Å². The minimum Gasteiger partial charge on any atom is -0.496 e. The second-order valence-electron chi connectivity index (χ2n) is 6.41. The number of carbonyl (C=O) groups is 1. The van der Waals surface area contributed by atoms with Crippen molar-refractivity contribution in [1.29, 1.82) is 0 Å². The van der Waals surface area contributed by atoms with Crippen LogP contribution in [0.5, 0.6) is 5.75 Å². The molecule has 27 heavy (non-hydrogen) atoms. The predicted molar refractivity (Wildman–Crippen MR) is 104 cm³/mol. The molecule has 3 aromatic rings. The van der Waals surface area contributed by atoms with E-state index in [1.165, 1.54) is 0 Å². The van der Waals surface area contributed by atoms with Gasteiger partial charge < -0.3 is 20.7 Å². The van der Waals surface area contributed by atoms with Crippen molar-refractivity contribution in [2.75, 3.05) is 17.3 Å². The summed E-state index contributed by atoms with van der Waals surface area (Å²) in [5.41, 5.74) is 9.73. The van der Waals surface area contributed by atoms with Crippen LogP contribution in [0.2, 0.25) is 0 Å². The fourth-order valence-electron chi connectivity index (χ4n) is 3.32. The minimum atomic E-state index is -0.138. The van der Waals surface area contributed by atoms with Gasteiger partial charge in [-0.1, -0.05) is 18.2 Å². The van der Waals surface area contributed by atoms with Crippen LogP contribution in [0.15, 0.2) is 48.7 Å². The topological polar surface area (TPSA) is 85.4 Å². The molecular weight excluding hydrogens is 342 g/mol. The Labute approximate surface area is 157 Å². The molecule has 0 fully saturated rings. The number of fused-ring (bicyclic) bond motifs is 2. The van der Waals surface area contributed by atoms with E-state index in [0.717, 1.165) is 28.3 Å². The Morgan fingerprint density at radius 3 is 2.89 bits per heavy atom. The molecule has 2 heterocycles. The summed E-state index contributed by atoms with van der Waals surface area (Å²) in [6.45, 7) is 0.800. The number of methoxy groups -OCH3 is 1. The van der Waals surface area contributed by atoms with E-state index in [1.807, 2.05) is 43.4 Å². The van der Waals surface area contributed by atoms with Crippen LogP contribution >= 0.6 is 0 Å². The van der Waals surface area contributed by atoms with Crippen molar-refractivity contribution in [3.63, 3.8) is 0 Å². The molecule has 1 amide bonds. The fourth-order valence-corrected chi connectivity index (χ4v) is 3.32. The molecule has 2 aromatic carbocycles. The molecule has 0 atom stereocenters. The maximum absolute atomic E-state index is 13.5. The summed E-state index contributed by atoms with van der Waals surface area (Å²) in [5, 5.41) is 7.71. The van der Waals surface area contributed by atoms with E-state index in [0.29, 0.717) is 24.4 Å². The summed E-state index contributed by atoms with van der Waals surface area (Å²) in [5.74, 6) is 1.26. The van der Waals surface area contributed by atoms with Crippen molar-refractivity contribution in [3.8, 4) is 5.75 Å². The molecule has 1 aliphatic heterocycles. The normalized spacial score (nSPS) is 12.6. The van der Waals surface area contributed by atoms with Gasteiger partial charge in [0.2, 0.25) is 0 Å². The molecular formula is C20H21N5O2. The molecule has 0 saturated heterocycles. The highest BCUT2D eigenvalue weighted by molar-refractivity contribution is 6.10. The number of anilines is 3. The summed E-state index contributed by atoms with van der Waals surface area (Å²) in [6, 6.07) is 13.2. The third-order valence-electron chi connectivity index (χ3n) is 4.77. The van der Waals surface area contributed by atoms with Gasteiger partial charge in [-0.3, -0.25) is 9.48 Å². The molecule has 7 heteroatoms. The van der Waals surface area contributed by atoms with E-state index >= 15 is 0 Å². The number of ether oxygens (including phenoxy) is 1. The molecule has 1 aromatic heterocycles. The van der Waals surface area contributed by atoms with Crippen LogP contribution in [0.3, 0.4) is 0 Å². The van der Waals surface area contributed by atoms with Gasteiger partial charge in [-0.15, -0.1) is 0 Å². The number of nitrogens with one attached hydrogen (secondary N) is 1. The number of carbonyl (C=O) groups excluding carboxylic acids is 1. The van der Waals surface area contributed by atoms with Gasteiger partial charge >= 0.3 is 0 Å². The van der Waals surface area contributed by atoms with Gasteiger partial charge in [0.15, 0.2) is 0 Å². The van der Waals surface area contributed by atoms with Crippen LogP contribution < -0.4 is 20.7 Å². The zero-order valence-electron chi connectivity index (χ0n) is 15.3. The van der Waals surface area contributed by atoms with Crippen molar-refractivity contribution in [1.82, 2.24) is 9.78 Å². The predicted octanol–water partition coefficient (Wildman–Crippen LogP) is 2.79. The summed E-state index contributed by atoms with van der Waals surface area (Å²) in [6.07, 6.45) is 1.78. The number of rotatable bonds is 3. The second kappa shape index (κ2) is 6.77. The first-order valence-corrected chi connectivity index (χ1v) is 8.68. The molecule has 4 rings (SSSR count). The average Bonchev–Trinajstić information content (AvgIpc) is 2.95. The molecule has 0 radical (unpaired) electrons. The van der Waals surface area contributed by atoms with Crippen molar-refractivity contribution in [3.05, 3.63) is 65.4 Å². The Bertz CT molecular complexity index is 1010. The highest BCUT2D eigenvalue weighted by atomic mass is 16.5. The number of aryl methyl sites for hydroxylation is 1. The maximum Gasteiger partial charge on any atom is 0.262 e. The number of benzene rings is 2. The second-order valence-corrected chi connectivity index (χ2v) is 6.41. The van der Waals surface area contributed by atoms with E-state index in [1.54, 1.807) is 29.0 Å². The van der Waals surface area contributed by atoms with Crippen LogP contribution in [0.1, 0.15) is 21.5 Å². The van der Waals surface area contributed by atoms with Gasteiger partial charge in [0, 0.05) is 19.2 Å². The van der Waals surface area contributed by atoms with Gasteiger partial charge in [0.1, 0.15) is 11.6 Å². The summed E-state index contributed by atoms with van der Waals surface area (Å²) in [4.78, 5) is 15.2. The van der Waals surface area contributed by atoms with Gasteiger partial charge in [-0.05, 0) is 29.8 Å². The molecule has 3 N–H and O–H groups in total. The molecule has 138 valence electrons. The lowest BCUT2D eigenvalue weighted by Crippen LogP contribution is -2.30. The molecule has 1 aliphatic rings. The number of hydrogen-bond donors (Lipinski definition) is 2. The Hall–Kier alpha value is -3.32. The van der Waals surface area contributed by atoms with Gasteiger partial charge in [-0.25, -0.2) is 0 Å². The summed E-state index contributed by atoms with van der Waals surface area (Å²) < 4.78 is 7.23. The smallest absolute Gasteiger partial charge is 0.262 e. The van der Waals surface area contributed by atoms with E-state index in [9.17, 15) is 4.79 Å². The van der Waals surface area contributed by atoms with E-state index < -0.39 is 0 Å². The quantitative estimate of drug-likeness (QED) is 0.747. The third kappa shape index (κ3) is 2.92. The zero-order valence-corrected chi connectivity index (χ0v) is 15.3. The lowest BCUT2D eigenvalue weighted by molar-refractivity contribution is 0.0982. The van der Waals surface area contributed by atoms with E-state index in [2.05, 4.69) is 10.4 Å². The maximum atomic E-state index is 13.5. The molecule has 7 nitrogen and oxygen atoms in total.